The van der Waals surface area contributed by atoms with Crippen molar-refractivity contribution in [3.05, 3.63) is 29.4 Å². The number of hydrogen-bond acceptors (Lipinski definition) is 4. The van der Waals surface area contributed by atoms with E-state index in [1.807, 2.05) is 62.3 Å². The number of oxazole rings is 1. The Labute approximate surface area is 123 Å². The first kappa shape index (κ1) is 20.6. The van der Waals surface area contributed by atoms with Gasteiger partial charge in [0, 0.05) is 0 Å². The number of aromatic nitrogens is 3. The minimum absolute atomic E-state index is 0.665. The van der Waals surface area contributed by atoms with Crippen LogP contribution in [0.5, 0.6) is 0 Å². The van der Waals surface area contributed by atoms with Gasteiger partial charge >= 0.3 is 0 Å². The third kappa shape index (κ3) is 5.51. The molecule has 0 aliphatic carbocycles. The number of hydrogen-bond donors (Lipinski definition) is 0. The molecule has 0 amide bonds. The van der Waals surface area contributed by atoms with E-state index in [-0.39, 0.29) is 0 Å². The van der Waals surface area contributed by atoms with Gasteiger partial charge in [0.1, 0.15) is 5.69 Å². The fraction of sp³-hybridized carbons (Fsp3) is 0.562. The number of nitrogens with zero attached hydrogens (tertiary/aromatic N) is 3. The molecule has 0 spiro atoms. The summed E-state index contributed by atoms with van der Waals surface area (Å²) in [5.41, 5.74) is 3.96. The summed E-state index contributed by atoms with van der Waals surface area (Å²) >= 11 is 0. The lowest BCUT2D eigenvalue weighted by Crippen LogP contribution is -1.98. The van der Waals surface area contributed by atoms with Gasteiger partial charge in [0.15, 0.2) is 12.2 Å². The maximum atomic E-state index is 5.18. The van der Waals surface area contributed by atoms with Crippen LogP contribution in [0.2, 0.25) is 0 Å². The van der Waals surface area contributed by atoms with Gasteiger partial charge in [0.05, 0.1) is 11.9 Å². The van der Waals surface area contributed by atoms with Crippen LogP contribution in [-0.2, 0) is 0 Å². The van der Waals surface area contributed by atoms with E-state index in [0.717, 1.165) is 22.5 Å². The molecule has 2 aromatic rings. The lowest BCUT2D eigenvalue weighted by atomic mass is 10.1. The second-order valence-electron chi connectivity index (χ2n) is 3.25. The number of aryl methyl sites for hydroxylation is 1. The highest BCUT2D eigenvalue weighted by atomic mass is 16.3. The fourth-order valence-electron chi connectivity index (χ4n) is 1.29. The van der Waals surface area contributed by atoms with Crippen molar-refractivity contribution in [2.24, 2.45) is 0 Å². The molecule has 2 aromatic heterocycles. The van der Waals surface area contributed by atoms with Crippen LogP contribution in [0.1, 0.15) is 58.4 Å². The summed E-state index contributed by atoms with van der Waals surface area (Å²) in [6.45, 7) is 18.0. The Morgan fingerprint density at radius 1 is 0.800 bits per heavy atom. The van der Waals surface area contributed by atoms with E-state index in [0.29, 0.717) is 5.76 Å². The standard InChI is InChI=1S/C10H11N3O.3C2H6/c1-6-7(2)10(13-12-8(6)3)9-4-11-5-14-9;3*1-2/h4-5H,1-3H3;3*1-2H3. The van der Waals surface area contributed by atoms with Crippen LogP contribution < -0.4 is 0 Å². The first-order valence-corrected chi connectivity index (χ1v) is 7.39. The van der Waals surface area contributed by atoms with Gasteiger partial charge in [0.2, 0.25) is 0 Å². The molecule has 0 aliphatic rings. The molecular formula is C16H29N3O. The minimum atomic E-state index is 0.665. The third-order valence-electron chi connectivity index (χ3n) is 2.43. The summed E-state index contributed by atoms with van der Waals surface area (Å²) in [7, 11) is 0. The van der Waals surface area contributed by atoms with Gasteiger partial charge in [-0.2, -0.15) is 5.10 Å². The van der Waals surface area contributed by atoms with Crippen LogP contribution in [-0.4, -0.2) is 15.2 Å². The van der Waals surface area contributed by atoms with Crippen LogP contribution in [0.15, 0.2) is 17.0 Å². The van der Waals surface area contributed by atoms with E-state index < -0.39 is 0 Å². The van der Waals surface area contributed by atoms with Gasteiger partial charge in [-0.3, -0.25) is 0 Å². The summed E-state index contributed by atoms with van der Waals surface area (Å²) in [6, 6.07) is 0. The van der Waals surface area contributed by atoms with Gasteiger partial charge in [-0.05, 0) is 31.9 Å². The quantitative estimate of drug-likeness (QED) is 0.725. The van der Waals surface area contributed by atoms with E-state index in [2.05, 4.69) is 15.2 Å². The van der Waals surface area contributed by atoms with Crippen molar-refractivity contribution in [2.45, 2.75) is 62.3 Å². The molecule has 4 nitrogen and oxygen atoms in total. The zero-order valence-electron chi connectivity index (χ0n) is 14.4. The van der Waals surface area contributed by atoms with Gasteiger partial charge in [-0.15, -0.1) is 5.10 Å². The Balaban J connectivity index is 0. The van der Waals surface area contributed by atoms with E-state index >= 15 is 0 Å². The first-order valence-electron chi connectivity index (χ1n) is 7.39. The minimum Gasteiger partial charge on any atom is -0.442 e. The van der Waals surface area contributed by atoms with Crippen LogP contribution >= 0.6 is 0 Å². The molecule has 0 aliphatic heterocycles. The maximum absolute atomic E-state index is 5.18. The average Bonchev–Trinajstić information content (AvgIpc) is 3.05. The van der Waals surface area contributed by atoms with E-state index in [1.54, 1.807) is 6.20 Å². The highest BCUT2D eigenvalue weighted by molar-refractivity contribution is 5.57. The van der Waals surface area contributed by atoms with Crippen molar-refractivity contribution >= 4 is 0 Å². The van der Waals surface area contributed by atoms with Crippen molar-refractivity contribution in [1.29, 1.82) is 0 Å². The monoisotopic (exact) mass is 279 g/mol. The molecule has 0 atom stereocenters. The van der Waals surface area contributed by atoms with Crippen molar-refractivity contribution in [1.82, 2.24) is 15.2 Å². The second kappa shape index (κ2) is 12.3. The Bertz CT molecular complexity index is 451. The molecule has 2 heterocycles. The summed E-state index contributed by atoms with van der Waals surface area (Å²) in [5, 5.41) is 8.16. The highest BCUT2D eigenvalue weighted by Crippen LogP contribution is 2.22. The summed E-state index contributed by atoms with van der Waals surface area (Å²) in [6.07, 6.45) is 3.04. The molecule has 0 fully saturated rings. The van der Waals surface area contributed by atoms with Crippen LogP contribution in [0.25, 0.3) is 11.5 Å². The zero-order chi connectivity index (χ0) is 16.1. The van der Waals surface area contributed by atoms with E-state index in [4.69, 9.17) is 4.42 Å². The topological polar surface area (TPSA) is 51.8 Å². The summed E-state index contributed by atoms with van der Waals surface area (Å²) < 4.78 is 5.18. The fourth-order valence-corrected chi connectivity index (χ4v) is 1.29. The SMILES string of the molecule is CC.CC.CC.Cc1nnc(-c2cnco2)c(C)c1C. The lowest BCUT2D eigenvalue weighted by molar-refractivity contribution is 0.568. The molecule has 0 aromatic carbocycles. The molecular weight excluding hydrogens is 250 g/mol. The molecule has 20 heavy (non-hydrogen) atoms. The summed E-state index contributed by atoms with van der Waals surface area (Å²) in [5.74, 6) is 0.665. The van der Waals surface area contributed by atoms with Gasteiger partial charge in [-0.25, -0.2) is 4.98 Å². The molecule has 0 saturated heterocycles. The van der Waals surface area contributed by atoms with Crippen molar-refractivity contribution in [3.8, 4) is 11.5 Å². The van der Waals surface area contributed by atoms with Gasteiger partial charge in [-0.1, -0.05) is 41.5 Å². The van der Waals surface area contributed by atoms with Crippen LogP contribution in [0, 0.1) is 20.8 Å². The van der Waals surface area contributed by atoms with Gasteiger partial charge < -0.3 is 4.42 Å². The van der Waals surface area contributed by atoms with Crippen LogP contribution in [0.3, 0.4) is 0 Å². The molecule has 0 unspecified atom stereocenters. The van der Waals surface area contributed by atoms with E-state index in [1.165, 1.54) is 6.39 Å². The largest absolute Gasteiger partial charge is 0.442 e. The highest BCUT2D eigenvalue weighted by Gasteiger charge is 2.11. The van der Waals surface area contributed by atoms with Crippen molar-refractivity contribution in [2.75, 3.05) is 0 Å². The molecule has 4 heteroatoms. The molecule has 0 saturated carbocycles. The zero-order valence-corrected chi connectivity index (χ0v) is 14.4. The number of rotatable bonds is 1. The third-order valence-corrected chi connectivity index (χ3v) is 2.43. The Morgan fingerprint density at radius 2 is 1.35 bits per heavy atom. The summed E-state index contributed by atoms with van der Waals surface area (Å²) in [4.78, 5) is 3.86. The maximum Gasteiger partial charge on any atom is 0.181 e. The smallest absolute Gasteiger partial charge is 0.181 e. The van der Waals surface area contributed by atoms with Crippen molar-refractivity contribution in [3.63, 3.8) is 0 Å². The molecule has 0 N–H and O–H groups in total. The molecule has 0 radical (unpaired) electrons. The second-order valence-corrected chi connectivity index (χ2v) is 3.25. The van der Waals surface area contributed by atoms with Crippen LogP contribution in [0.4, 0.5) is 0 Å². The predicted octanol–water partition coefficient (Wildman–Crippen LogP) is 5.14. The molecule has 2 rings (SSSR count). The Kier molecular flexibility index (Phi) is 12.7. The first-order chi connectivity index (χ1) is 9.70. The Morgan fingerprint density at radius 3 is 1.80 bits per heavy atom. The Hall–Kier alpha value is -1.71. The van der Waals surface area contributed by atoms with Gasteiger partial charge in [0.25, 0.3) is 0 Å². The molecule has 0 bridgehead atoms. The molecule has 114 valence electrons. The lowest BCUT2D eigenvalue weighted by Gasteiger charge is -2.05. The normalized spacial score (nSPS) is 8.25. The van der Waals surface area contributed by atoms with Crippen molar-refractivity contribution < 1.29 is 4.42 Å². The average molecular weight is 279 g/mol. The van der Waals surface area contributed by atoms with E-state index in [9.17, 15) is 0 Å². The predicted molar refractivity (Wildman–Crippen MR) is 85.8 cm³/mol.